The predicted octanol–water partition coefficient (Wildman–Crippen LogP) is 3.64. The quantitative estimate of drug-likeness (QED) is 0.830. The highest BCUT2D eigenvalue weighted by Crippen LogP contribution is 2.26. The molecule has 1 aromatic heterocycles. The van der Waals surface area contributed by atoms with Crippen molar-refractivity contribution in [2.45, 2.75) is 19.9 Å². The fourth-order valence-electron chi connectivity index (χ4n) is 1.72. The van der Waals surface area contributed by atoms with Crippen molar-refractivity contribution in [3.05, 3.63) is 44.1 Å². The molecule has 2 aromatic rings. The minimum Gasteiger partial charge on any atom is -0.383 e. The first kappa shape index (κ1) is 12.7. The van der Waals surface area contributed by atoms with Gasteiger partial charge in [0.25, 0.3) is 0 Å². The van der Waals surface area contributed by atoms with Gasteiger partial charge in [0.2, 0.25) is 0 Å². The van der Waals surface area contributed by atoms with Crippen LogP contribution in [0.5, 0.6) is 0 Å². The number of nitrogen functional groups attached to an aromatic ring is 1. The smallest absolute Gasteiger partial charge is 0.136 e. The van der Waals surface area contributed by atoms with E-state index >= 15 is 0 Å². The maximum Gasteiger partial charge on any atom is 0.136 e. The van der Waals surface area contributed by atoms with Gasteiger partial charge in [-0.05, 0) is 54.1 Å². The van der Waals surface area contributed by atoms with Gasteiger partial charge in [-0.3, -0.25) is 0 Å². The van der Waals surface area contributed by atoms with Crippen molar-refractivity contribution >= 4 is 40.0 Å². The molecule has 0 spiro atoms. The summed E-state index contributed by atoms with van der Waals surface area (Å²) in [6, 6.07) is 7.86. The molecule has 0 saturated heterocycles. The summed E-state index contributed by atoms with van der Waals surface area (Å²) >= 11 is 8.09. The number of anilines is 1. The lowest BCUT2D eigenvalue weighted by Gasteiger charge is -2.14. The second-order valence-electron chi connectivity index (χ2n) is 3.96. The van der Waals surface area contributed by atoms with Crippen LogP contribution in [0.2, 0.25) is 5.02 Å². The van der Waals surface area contributed by atoms with E-state index in [0.29, 0.717) is 5.82 Å². The zero-order chi connectivity index (χ0) is 12.6. The van der Waals surface area contributed by atoms with Crippen LogP contribution in [0.1, 0.15) is 24.2 Å². The summed E-state index contributed by atoms with van der Waals surface area (Å²) < 4.78 is 2.86. The molecular weight excluding hydrogens is 349 g/mol. The summed E-state index contributed by atoms with van der Waals surface area (Å²) in [7, 11) is 0. The summed E-state index contributed by atoms with van der Waals surface area (Å²) in [5.74, 6) is 0.713. The predicted molar refractivity (Wildman–Crippen MR) is 79.4 cm³/mol. The molecule has 90 valence electrons. The minimum absolute atomic E-state index is 0.106. The molecule has 3 nitrogen and oxygen atoms in total. The fourth-order valence-corrected chi connectivity index (χ4v) is 2.20. The first-order chi connectivity index (χ1) is 8.00. The molecule has 2 rings (SSSR count). The van der Waals surface area contributed by atoms with Gasteiger partial charge in [0.05, 0.1) is 15.3 Å². The van der Waals surface area contributed by atoms with Crippen molar-refractivity contribution in [3.63, 3.8) is 0 Å². The number of benzene rings is 1. The minimum atomic E-state index is 0.106. The zero-order valence-corrected chi connectivity index (χ0v) is 12.5. The summed E-state index contributed by atoms with van der Waals surface area (Å²) in [4.78, 5) is 0. The van der Waals surface area contributed by atoms with E-state index in [2.05, 4.69) is 34.6 Å². The third-order valence-corrected chi connectivity index (χ3v) is 4.35. The number of halogens is 2. The van der Waals surface area contributed by atoms with Gasteiger partial charge in [0.1, 0.15) is 5.82 Å². The number of aryl methyl sites for hydroxylation is 1. The highest BCUT2D eigenvalue weighted by Gasteiger charge is 2.15. The maximum atomic E-state index is 6.04. The van der Waals surface area contributed by atoms with Crippen molar-refractivity contribution in [1.82, 2.24) is 9.78 Å². The van der Waals surface area contributed by atoms with Crippen molar-refractivity contribution in [3.8, 4) is 0 Å². The molecule has 0 aliphatic rings. The molecule has 2 N–H and O–H groups in total. The Hall–Kier alpha value is -0.750. The fraction of sp³-hybridized carbons (Fsp3) is 0.250. The summed E-state index contributed by atoms with van der Waals surface area (Å²) in [6.45, 7) is 4.03. The summed E-state index contributed by atoms with van der Waals surface area (Å²) in [6.07, 6.45) is 0. The molecule has 1 heterocycles. The highest BCUT2D eigenvalue weighted by atomic mass is 127. The van der Waals surface area contributed by atoms with Crippen molar-refractivity contribution < 1.29 is 0 Å². The lowest BCUT2D eigenvalue weighted by molar-refractivity contribution is 0.569. The largest absolute Gasteiger partial charge is 0.383 e. The van der Waals surface area contributed by atoms with Crippen LogP contribution in [0.15, 0.2) is 24.3 Å². The van der Waals surface area contributed by atoms with Gasteiger partial charge in [-0.2, -0.15) is 5.10 Å². The van der Waals surface area contributed by atoms with Gasteiger partial charge in [-0.1, -0.05) is 23.7 Å². The number of nitrogens with two attached hydrogens (primary N) is 1. The zero-order valence-electron chi connectivity index (χ0n) is 9.61. The molecule has 1 unspecified atom stereocenters. The number of nitrogens with zero attached hydrogens (tertiary/aromatic N) is 2. The summed E-state index contributed by atoms with van der Waals surface area (Å²) in [5, 5.41) is 5.20. The average molecular weight is 362 g/mol. The third kappa shape index (κ3) is 2.42. The van der Waals surface area contributed by atoms with Crippen LogP contribution >= 0.6 is 34.2 Å². The van der Waals surface area contributed by atoms with Crippen molar-refractivity contribution in [2.75, 3.05) is 5.73 Å². The molecule has 1 atom stereocenters. The molecule has 0 aliphatic heterocycles. The topological polar surface area (TPSA) is 43.8 Å². The van der Waals surface area contributed by atoms with Crippen molar-refractivity contribution in [1.29, 1.82) is 0 Å². The Morgan fingerprint density at radius 1 is 1.35 bits per heavy atom. The van der Waals surface area contributed by atoms with Gasteiger partial charge in [-0.25, -0.2) is 4.68 Å². The Kier molecular flexibility index (Phi) is 3.63. The molecule has 5 heteroatoms. The Balaban J connectivity index is 2.40. The molecule has 0 radical (unpaired) electrons. The van der Waals surface area contributed by atoms with Gasteiger partial charge in [0.15, 0.2) is 0 Å². The summed E-state index contributed by atoms with van der Waals surface area (Å²) in [5.41, 5.74) is 8.14. The van der Waals surface area contributed by atoms with Crippen LogP contribution in [0.3, 0.4) is 0 Å². The van der Waals surface area contributed by atoms with E-state index in [9.17, 15) is 0 Å². The van der Waals surface area contributed by atoms with E-state index in [0.717, 1.165) is 19.9 Å². The number of hydrogen-bond donors (Lipinski definition) is 1. The normalized spacial score (nSPS) is 12.7. The molecular formula is C12H13ClIN3. The monoisotopic (exact) mass is 361 g/mol. The van der Waals surface area contributed by atoms with Gasteiger partial charge < -0.3 is 5.73 Å². The van der Waals surface area contributed by atoms with Crippen LogP contribution in [0.4, 0.5) is 5.82 Å². The Labute approximate surface area is 119 Å². The second-order valence-corrected chi connectivity index (χ2v) is 5.47. The first-order valence-corrected chi connectivity index (χ1v) is 6.72. The molecule has 0 bridgehead atoms. The number of rotatable bonds is 2. The molecule has 17 heavy (non-hydrogen) atoms. The molecule has 0 aliphatic carbocycles. The Morgan fingerprint density at radius 2 is 1.94 bits per heavy atom. The first-order valence-electron chi connectivity index (χ1n) is 5.26. The second kappa shape index (κ2) is 4.86. The standard InChI is InChI=1S/C12H13ClIN3/c1-7-11(14)12(15)17(16-7)8(2)9-3-5-10(13)6-4-9/h3-6,8H,15H2,1-2H3. The number of aromatic nitrogens is 2. The van der Waals surface area contributed by atoms with Crippen LogP contribution in [-0.2, 0) is 0 Å². The SMILES string of the molecule is Cc1nn(C(C)c2ccc(Cl)cc2)c(N)c1I. The van der Waals surface area contributed by atoms with Gasteiger partial charge in [0, 0.05) is 5.02 Å². The average Bonchev–Trinajstić information content (AvgIpc) is 2.57. The van der Waals surface area contributed by atoms with E-state index in [-0.39, 0.29) is 6.04 Å². The maximum absolute atomic E-state index is 6.04. The van der Waals surface area contributed by atoms with Crippen molar-refractivity contribution in [2.24, 2.45) is 0 Å². The van der Waals surface area contributed by atoms with E-state index in [1.54, 1.807) is 0 Å². The van der Waals surface area contributed by atoms with E-state index in [4.69, 9.17) is 17.3 Å². The highest BCUT2D eigenvalue weighted by molar-refractivity contribution is 14.1. The van der Waals surface area contributed by atoms with Crippen LogP contribution in [0.25, 0.3) is 0 Å². The molecule has 0 saturated carbocycles. The molecule has 1 aromatic carbocycles. The lowest BCUT2D eigenvalue weighted by atomic mass is 10.1. The van der Waals surface area contributed by atoms with E-state index < -0.39 is 0 Å². The van der Waals surface area contributed by atoms with Crippen LogP contribution in [0, 0.1) is 10.5 Å². The third-order valence-electron chi connectivity index (χ3n) is 2.77. The van der Waals surface area contributed by atoms with E-state index in [1.165, 1.54) is 0 Å². The van der Waals surface area contributed by atoms with Gasteiger partial charge in [-0.15, -0.1) is 0 Å². The molecule has 0 fully saturated rings. The van der Waals surface area contributed by atoms with E-state index in [1.807, 2.05) is 35.9 Å². The number of hydrogen-bond acceptors (Lipinski definition) is 2. The van der Waals surface area contributed by atoms with Gasteiger partial charge >= 0.3 is 0 Å². The Morgan fingerprint density at radius 3 is 2.41 bits per heavy atom. The molecule has 0 amide bonds. The lowest BCUT2D eigenvalue weighted by Crippen LogP contribution is -2.11. The van der Waals surface area contributed by atoms with Crippen LogP contribution < -0.4 is 5.73 Å². The Bertz CT molecular complexity index is 533. The van der Waals surface area contributed by atoms with Crippen LogP contribution in [-0.4, -0.2) is 9.78 Å².